The Labute approximate surface area is 105 Å². The second-order valence-electron chi connectivity index (χ2n) is 4.09. The summed E-state index contributed by atoms with van der Waals surface area (Å²) in [4.78, 5) is 10.1. The molecule has 0 heterocycles. The summed E-state index contributed by atoms with van der Waals surface area (Å²) < 4.78 is 0. The van der Waals surface area contributed by atoms with Crippen LogP contribution in [-0.2, 0) is 6.54 Å². The van der Waals surface area contributed by atoms with Crippen molar-refractivity contribution in [2.75, 3.05) is 5.32 Å². The van der Waals surface area contributed by atoms with Crippen molar-refractivity contribution in [3.8, 4) is 0 Å². The minimum atomic E-state index is -0.390. The third kappa shape index (κ3) is 2.85. The fourth-order valence-electron chi connectivity index (χ4n) is 1.70. The molecule has 4 nitrogen and oxygen atoms in total. The first-order valence-corrected chi connectivity index (χ1v) is 5.69. The molecule has 0 saturated carbocycles. The Morgan fingerprint density at radius 1 is 1.11 bits per heavy atom. The molecule has 0 aliphatic rings. The van der Waals surface area contributed by atoms with Crippen LogP contribution in [0.2, 0.25) is 0 Å². The quantitative estimate of drug-likeness (QED) is 0.659. The summed E-state index contributed by atoms with van der Waals surface area (Å²) in [6.07, 6.45) is 0. The summed E-state index contributed by atoms with van der Waals surface area (Å²) in [5.41, 5.74) is 3.40. The van der Waals surface area contributed by atoms with Gasteiger partial charge in [0.15, 0.2) is 0 Å². The van der Waals surface area contributed by atoms with Crippen LogP contribution in [0.4, 0.5) is 11.4 Å². The molecule has 18 heavy (non-hydrogen) atoms. The number of rotatable bonds is 4. The average molecular weight is 242 g/mol. The highest BCUT2D eigenvalue weighted by Gasteiger charge is 2.03. The predicted molar refractivity (Wildman–Crippen MR) is 71.6 cm³/mol. The van der Waals surface area contributed by atoms with Gasteiger partial charge in [0.1, 0.15) is 0 Å². The highest BCUT2D eigenvalue weighted by atomic mass is 16.6. The molecule has 0 spiro atoms. The number of non-ortho nitro benzene ring substituents is 1. The van der Waals surface area contributed by atoms with Gasteiger partial charge in [-0.3, -0.25) is 10.1 Å². The van der Waals surface area contributed by atoms with Crippen molar-refractivity contribution in [1.29, 1.82) is 0 Å². The van der Waals surface area contributed by atoms with Gasteiger partial charge in [0, 0.05) is 24.4 Å². The molecule has 0 aromatic heterocycles. The SMILES string of the molecule is Cc1ccccc1NCc1ccc([N+](=O)[O-])cc1. The number of benzene rings is 2. The number of hydrogen-bond donors (Lipinski definition) is 1. The number of hydrogen-bond acceptors (Lipinski definition) is 3. The van der Waals surface area contributed by atoms with Crippen molar-refractivity contribution < 1.29 is 4.92 Å². The summed E-state index contributed by atoms with van der Waals surface area (Å²) in [5.74, 6) is 0. The van der Waals surface area contributed by atoms with Gasteiger partial charge in [-0.2, -0.15) is 0 Å². The Morgan fingerprint density at radius 3 is 2.39 bits per heavy atom. The molecule has 2 aromatic carbocycles. The van der Waals surface area contributed by atoms with Crippen molar-refractivity contribution in [2.45, 2.75) is 13.5 Å². The molecule has 0 fully saturated rings. The van der Waals surface area contributed by atoms with Gasteiger partial charge >= 0.3 is 0 Å². The first-order valence-electron chi connectivity index (χ1n) is 5.69. The maximum absolute atomic E-state index is 10.5. The molecule has 2 aromatic rings. The molecule has 2 rings (SSSR count). The maximum atomic E-state index is 10.5. The number of nitrogens with zero attached hydrogens (tertiary/aromatic N) is 1. The van der Waals surface area contributed by atoms with E-state index in [2.05, 4.69) is 5.32 Å². The van der Waals surface area contributed by atoms with Crippen molar-refractivity contribution in [3.05, 3.63) is 69.8 Å². The molecule has 0 unspecified atom stereocenters. The highest BCUT2D eigenvalue weighted by molar-refractivity contribution is 5.50. The fourth-order valence-corrected chi connectivity index (χ4v) is 1.70. The molecule has 0 atom stereocenters. The number of nitro groups is 1. The first kappa shape index (κ1) is 12.1. The molecular formula is C14H14N2O2. The van der Waals surface area contributed by atoms with Crippen LogP contribution in [0.25, 0.3) is 0 Å². The summed E-state index contributed by atoms with van der Waals surface area (Å²) in [7, 11) is 0. The molecule has 0 aliphatic carbocycles. The van der Waals surface area contributed by atoms with Crippen molar-refractivity contribution >= 4 is 11.4 Å². The van der Waals surface area contributed by atoms with Crippen LogP contribution in [-0.4, -0.2) is 4.92 Å². The third-order valence-corrected chi connectivity index (χ3v) is 2.78. The Bertz CT molecular complexity index is 550. The molecule has 0 bridgehead atoms. The lowest BCUT2D eigenvalue weighted by Crippen LogP contribution is -2.00. The lowest BCUT2D eigenvalue weighted by Gasteiger charge is -2.09. The largest absolute Gasteiger partial charge is 0.381 e. The molecule has 0 aliphatic heterocycles. The van der Waals surface area contributed by atoms with E-state index in [1.807, 2.05) is 31.2 Å². The second-order valence-corrected chi connectivity index (χ2v) is 4.09. The molecule has 92 valence electrons. The van der Waals surface area contributed by atoms with Crippen LogP contribution in [0, 0.1) is 17.0 Å². The van der Waals surface area contributed by atoms with Gasteiger partial charge in [-0.15, -0.1) is 0 Å². The number of nitrogens with one attached hydrogen (secondary N) is 1. The first-order chi connectivity index (χ1) is 8.66. The third-order valence-electron chi connectivity index (χ3n) is 2.78. The lowest BCUT2D eigenvalue weighted by atomic mass is 10.1. The highest BCUT2D eigenvalue weighted by Crippen LogP contribution is 2.16. The van der Waals surface area contributed by atoms with Crippen LogP contribution in [0.15, 0.2) is 48.5 Å². The van der Waals surface area contributed by atoms with Gasteiger partial charge in [-0.25, -0.2) is 0 Å². The van der Waals surface area contributed by atoms with E-state index in [4.69, 9.17) is 0 Å². The molecule has 4 heteroatoms. The molecule has 1 N–H and O–H groups in total. The van der Waals surface area contributed by atoms with Crippen molar-refractivity contribution in [1.82, 2.24) is 0 Å². The summed E-state index contributed by atoms with van der Waals surface area (Å²) in [6, 6.07) is 14.6. The van der Waals surface area contributed by atoms with E-state index in [0.29, 0.717) is 6.54 Å². The smallest absolute Gasteiger partial charge is 0.269 e. The number of aryl methyl sites for hydroxylation is 1. The zero-order valence-electron chi connectivity index (χ0n) is 10.1. The average Bonchev–Trinajstić information content (AvgIpc) is 2.38. The topological polar surface area (TPSA) is 55.2 Å². The summed E-state index contributed by atoms with van der Waals surface area (Å²) >= 11 is 0. The molecule has 0 radical (unpaired) electrons. The molecule has 0 amide bonds. The van der Waals surface area contributed by atoms with Crippen LogP contribution in [0.1, 0.15) is 11.1 Å². The van der Waals surface area contributed by atoms with Crippen LogP contribution < -0.4 is 5.32 Å². The number of nitro benzene ring substituents is 1. The van der Waals surface area contributed by atoms with Gasteiger partial charge in [0.05, 0.1) is 4.92 Å². The fraction of sp³-hybridized carbons (Fsp3) is 0.143. The normalized spacial score (nSPS) is 10.1. The van der Waals surface area contributed by atoms with E-state index < -0.39 is 4.92 Å². The van der Waals surface area contributed by atoms with Gasteiger partial charge in [-0.05, 0) is 24.1 Å². The van der Waals surface area contributed by atoms with E-state index in [-0.39, 0.29) is 5.69 Å². The van der Waals surface area contributed by atoms with Gasteiger partial charge in [0.25, 0.3) is 5.69 Å². The Morgan fingerprint density at radius 2 is 1.78 bits per heavy atom. The number of anilines is 1. The standard InChI is InChI=1S/C14H14N2O2/c1-11-4-2-3-5-14(11)15-10-12-6-8-13(9-7-12)16(17)18/h2-9,15H,10H2,1H3. The molecule has 0 saturated heterocycles. The van der Waals surface area contributed by atoms with Crippen molar-refractivity contribution in [2.24, 2.45) is 0 Å². The van der Waals surface area contributed by atoms with E-state index in [0.717, 1.165) is 11.3 Å². The molecular weight excluding hydrogens is 228 g/mol. The minimum Gasteiger partial charge on any atom is -0.381 e. The number of para-hydroxylation sites is 1. The summed E-state index contributed by atoms with van der Waals surface area (Å²) in [6.45, 7) is 2.70. The maximum Gasteiger partial charge on any atom is 0.269 e. The zero-order chi connectivity index (χ0) is 13.0. The summed E-state index contributed by atoms with van der Waals surface area (Å²) in [5, 5.41) is 13.8. The van der Waals surface area contributed by atoms with E-state index in [1.54, 1.807) is 12.1 Å². The lowest BCUT2D eigenvalue weighted by molar-refractivity contribution is -0.384. The second kappa shape index (κ2) is 5.31. The van der Waals surface area contributed by atoms with E-state index >= 15 is 0 Å². The van der Waals surface area contributed by atoms with Gasteiger partial charge in [0.2, 0.25) is 0 Å². The van der Waals surface area contributed by atoms with Gasteiger partial charge < -0.3 is 5.32 Å². The van der Waals surface area contributed by atoms with E-state index in [9.17, 15) is 10.1 Å². The van der Waals surface area contributed by atoms with E-state index in [1.165, 1.54) is 17.7 Å². The Hall–Kier alpha value is -2.36. The Balaban J connectivity index is 2.02. The minimum absolute atomic E-state index is 0.120. The zero-order valence-corrected chi connectivity index (χ0v) is 10.1. The van der Waals surface area contributed by atoms with Gasteiger partial charge in [-0.1, -0.05) is 30.3 Å². The van der Waals surface area contributed by atoms with Crippen LogP contribution in [0.3, 0.4) is 0 Å². The predicted octanol–water partition coefficient (Wildman–Crippen LogP) is 3.52. The van der Waals surface area contributed by atoms with Crippen LogP contribution in [0.5, 0.6) is 0 Å². The monoisotopic (exact) mass is 242 g/mol. The Kier molecular flexibility index (Phi) is 3.57. The van der Waals surface area contributed by atoms with Crippen LogP contribution >= 0.6 is 0 Å². The van der Waals surface area contributed by atoms with Crippen molar-refractivity contribution in [3.63, 3.8) is 0 Å².